The fraction of sp³-hybridized carbons (Fsp3) is 0.154. The van der Waals surface area contributed by atoms with E-state index in [9.17, 15) is 14.7 Å². The normalized spacial score (nSPS) is 17.6. The van der Waals surface area contributed by atoms with Gasteiger partial charge in [-0.05, 0) is 49.7 Å². The Balaban J connectivity index is 2.00. The van der Waals surface area contributed by atoms with E-state index in [1.165, 1.54) is 12.0 Å². The van der Waals surface area contributed by atoms with Crippen LogP contribution in [0.3, 0.4) is 0 Å². The van der Waals surface area contributed by atoms with Crippen LogP contribution in [0.4, 0.5) is 5.69 Å². The highest BCUT2D eigenvalue weighted by Crippen LogP contribution is 2.43. The molecule has 1 atom stereocenters. The zero-order valence-corrected chi connectivity index (χ0v) is 18.7. The number of anilines is 1. The molecule has 1 saturated heterocycles. The summed E-state index contributed by atoms with van der Waals surface area (Å²) in [5, 5.41) is 11.8. The molecule has 1 N–H and O–H groups in total. The minimum Gasteiger partial charge on any atom is -0.507 e. The Hall–Kier alpha value is -3.57. The molecule has 3 aromatic carbocycles. The van der Waals surface area contributed by atoms with Gasteiger partial charge in [0.25, 0.3) is 11.7 Å². The molecule has 32 heavy (non-hydrogen) atoms. The lowest BCUT2D eigenvalue weighted by atomic mass is 9.93. The maximum atomic E-state index is 13.3. The number of Topliss-reactive ketones (excluding diaryl/α,β-unsaturated/α-hetero) is 1. The van der Waals surface area contributed by atoms with Crippen LogP contribution >= 0.6 is 11.6 Å². The number of aryl methyl sites for hydroxylation is 2. The molecule has 0 spiro atoms. The topological polar surface area (TPSA) is 66.8 Å². The molecule has 1 amide bonds. The summed E-state index contributed by atoms with van der Waals surface area (Å²) in [6.07, 6.45) is 0. The standard InChI is InChI=1S/C26H22ClNO4/c1-15-6-4-7-17(12-15)23-22(24(29)20-13-16(2)10-11-21(20)32-3)25(30)26(31)28(23)19-9-5-8-18(27)14-19/h4-14,23,29H,1-3H3/b24-22+. The summed E-state index contributed by atoms with van der Waals surface area (Å²) in [5.41, 5.74) is 3.38. The van der Waals surface area contributed by atoms with Crippen molar-refractivity contribution >= 4 is 34.7 Å². The fourth-order valence-electron chi connectivity index (χ4n) is 4.03. The quantitative estimate of drug-likeness (QED) is 0.321. The van der Waals surface area contributed by atoms with E-state index in [0.29, 0.717) is 27.6 Å². The molecule has 1 fully saturated rings. The summed E-state index contributed by atoms with van der Waals surface area (Å²) < 4.78 is 5.41. The van der Waals surface area contributed by atoms with Crippen LogP contribution in [0.5, 0.6) is 5.75 Å². The Bertz CT molecular complexity index is 1260. The predicted octanol–water partition coefficient (Wildman–Crippen LogP) is 5.59. The molecule has 3 aromatic rings. The van der Waals surface area contributed by atoms with Gasteiger partial charge < -0.3 is 9.84 Å². The molecule has 1 heterocycles. The van der Waals surface area contributed by atoms with Gasteiger partial charge in [-0.15, -0.1) is 0 Å². The smallest absolute Gasteiger partial charge is 0.300 e. The zero-order chi connectivity index (χ0) is 23.0. The summed E-state index contributed by atoms with van der Waals surface area (Å²) in [5.74, 6) is -1.37. The van der Waals surface area contributed by atoms with Gasteiger partial charge in [-0.25, -0.2) is 0 Å². The first kappa shape index (κ1) is 21.7. The molecule has 6 heteroatoms. The SMILES string of the molecule is COc1ccc(C)cc1/C(O)=C1\C(=O)C(=O)N(c2cccc(Cl)c2)C1c1cccc(C)c1. The number of carbonyl (C=O) groups excluding carboxylic acids is 2. The van der Waals surface area contributed by atoms with E-state index in [2.05, 4.69) is 0 Å². The Kier molecular flexibility index (Phi) is 5.76. The molecular weight excluding hydrogens is 426 g/mol. The van der Waals surface area contributed by atoms with Crippen molar-refractivity contribution in [3.63, 3.8) is 0 Å². The third kappa shape index (κ3) is 3.76. The van der Waals surface area contributed by atoms with Crippen molar-refractivity contribution in [1.82, 2.24) is 0 Å². The zero-order valence-electron chi connectivity index (χ0n) is 17.9. The van der Waals surface area contributed by atoms with Gasteiger partial charge in [-0.2, -0.15) is 0 Å². The summed E-state index contributed by atoms with van der Waals surface area (Å²) in [7, 11) is 1.49. The van der Waals surface area contributed by atoms with E-state index >= 15 is 0 Å². The summed E-state index contributed by atoms with van der Waals surface area (Å²) in [6, 6.07) is 18.8. The number of ether oxygens (including phenoxy) is 1. The predicted molar refractivity (Wildman–Crippen MR) is 125 cm³/mol. The summed E-state index contributed by atoms with van der Waals surface area (Å²) in [6.45, 7) is 3.80. The van der Waals surface area contributed by atoms with Gasteiger partial charge in [0.05, 0.1) is 24.3 Å². The minimum atomic E-state index is -0.821. The van der Waals surface area contributed by atoms with Crippen LogP contribution in [0.1, 0.15) is 28.3 Å². The van der Waals surface area contributed by atoms with Gasteiger partial charge >= 0.3 is 0 Å². The van der Waals surface area contributed by atoms with Crippen molar-refractivity contribution in [2.75, 3.05) is 12.0 Å². The number of aliphatic hydroxyl groups excluding tert-OH is 1. The Morgan fingerprint density at radius 1 is 0.969 bits per heavy atom. The number of carbonyl (C=O) groups is 2. The Labute approximate surface area is 191 Å². The first-order chi connectivity index (χ1) is 15.3. The summed E-state index contributed by atoms with van der Waals surface area (Å²) >= 11 is 6.18. The van der Waals surface area contributed by atoms with E-state index in [4.69, 9.17) is 16.3 Å². The molecule has 0 aliphatic carbocycles. The molecule has 0 bridgehead atoms. The average molecular weight is 448 g/mol. The summed E-state index contributed by atoms with van der Waals surface area (Å²) in [4.78, 5) is 27.9. The van der Waals surface area contributed by atoms with Crippen molar-refractivity contribution in [2.24, 2.45) is 0 Å². The van der Waals surface area contributed by atoms with E-state index in [1.54, 1.807) is 36.4 Å². The van der Waals surface area contributed by atoms with Gasteiger partial charge in [0.1, 0.15) is 11.5 Å². The molecule has 1 aliphatic heterocycles. The van der Waals surface area contributed by atoms with Crippen LogP contribution < -0.4 is 9.64 Å². The second-order valence-electron chi connectivity index (χ2n) is 7.77. The molecule has 0 aromatic heterocycles. The Morgan fingerprint density at radius 3 is 2.38 bits per heavy atom. The van der Waals surface area contributed by atoms with Crippen LogP contribution in [0, 0.1) is 13.8 Å². The van der Waals surface area contributed by atoms with Gasteiger partial charge in [0.2, 0.25) is 0 Å². The number of hydrogen-bond donors (Lipinski definition) is 1. The highest BCUT2D eigenvalue weighted by atomic mass is 35.5. The van der Waals surface area contributed by atoms with Gasteiger partial charge in [0.15, 0.2) is 0 Å². The van der Waals surface area contributed by atoms with Crippen molar-refractivity contribution in [1.29, 1.82) is 0 Å². The van der Waals surface area contributed by atoms with Crippen LogP contribution in [0.15, 0.2) is 72.3 Å². The van der Waals surface area contributed by atoms with E-state index < -0.39 is 17.7 Å². The second-order valence-corrected chi connectivity index (χ2v) is 8.20. The molecule has 5 nitrogen and oxygen atoms in total. The largest absolute Gasteiger partial charge is 0.507 e. The number of rotatable bonds is 4. The van der Waals surface area contributed by atoms with Crippen molar-refractivity contribution in [2.45, 2.75) is 19.9 Å². The molecule has 1 aliphatic rings. The fourth-order valence-corrected chi connectivity index (χ4v) is 4.22. The van der Waals surface area contributed by atoms with Crippen LogP contribution in [-0.4, -0.2) is 23.9 Å². The molecule has 1 unspecified atom stereocenters. The number of aliphatic hydroxyl groups is 1. The number of benzene rings is 3. The molecule has 162 valence electrons. The third-order valence-corrected chi connectivity index (χ3v) is 5.73. The van der Waals surface area contributed by atoms with Crippen molar-refractivity contribution < 1.29 is 19.4 Å². The lowest BCUT2D eigenvalue weighted by Crippen LogP contribution is -2.29. The maximum absolute atomic E-state index is 13.3. The highest BCUT2D eigenvalue weighted by Gasteiger charge is 2.47. The lowest BCUT2D eigenvalue weighted by molar-refractivity contribution is -0.132. The minimum absolute atomic E-state index is 0.00414. The number of nitrogens with zero attached hydrogens (tertiary/aromatic N) is 1. The van der Waals surface area contributed by atoms with Crippen LogP contribution in [0.2, 0.25) is 5.02 Å². The second kappa shape index (κ2) is 8.52. The number of amides is 1. The van der Waals surface area contributed by atoms with E-state index in [0.717, 1.165) is 11.1 Å². The highest BCUT2D eigenvalue weighted by molar-refractivity contribution is 6.51. The first-order valence-corrected chi connectivity index (χ1v) is 10.5. The van der Waals surface area contributed by atoms with Crippen molar-refractivity contribution in [3.05, 3.63) is 99.6 Å². The van der Waals surface area contributed by atoms with E-state index in [1.807, 2.05) is 44.2 Å². The van der Waals surface area contributed by atoms with Gasteiger partial charge in [-0.1, -0.05) is 59.1 Å². The Morgan fingerprint density at radius 2 is 1.69 bits per heavy atom. The van der Waals surface area contributed by atoms with E-state index in [-0.39, 0.29) is 11.3 Å². The number of methoxy groups -OCH3 is 1. The monoisotopic (exact) mass is 447 g/mol. The van der Waals surface area contributed by atoms with Crippen LogP contribution in [0.25, 0.3) is 5.76 Å². The maximum Gasteiger partial charge on any atom is 0.300 e. The average Bonchev–Trinajstić information content (AvgIpc) is 3.04. The third-order valence-electron chi connectivity index (χ3n) is 5.50. The van der Waals surface area contributed by atoms with Crippen molar-refractivity contribution in [3.8, 4) is 5.75 Å². The number of hydrogen-bond acceptors (Lipinski definition) is 4. The number of halogens is 1. The van der Waals surface area contributed by atoms with Gasteiger partial charge in [0, 0.05) is 10.7 Å². The molecule has 0 saturated carbocycles. The lowest BCUT2D eigenvalue weighted by Gasteiger charge is -2.26. The molecule has 0 radical (unpaired) electrons. The molecule has 4 rings (SSSR count). The van der Waals surface area contributed by atoms with Crippen LogP contribution in [-0.2, 0) is 9.59 Å². The number of ketones is 1. The van der Waals surface area contributed by atoms with Gasteiger partial charge in [-0.3, -0.25) is 14.5 Å². The molecular formula is C26H22ClNO4. The first-order valence-electron chi connectivity index (χ1n) is 10.1.